The maximum Gasteiger partial charge on any atom is 0.222 e. The second kappa shape index (κ2) is 12.5. The smallest absolute Gasteiger partial charge is 0.222 e. The summed E-state index contributed by atoms with van der Waals surface area (Å²) < 4.78 is 5.37. The van der Waals surface area contributed by atoms with E-state index >= 15 is 0 Å². The molecule has 0 aliphatic carbocycles. The summed E-state index contributed by atoms with van der Waals surface area (Å²) in [6, 6.07) is 0. The third-order valence-corrected chi connectivity index (χ3v) is 3.58. The first-order valence-corrected chi connectivity index (χ1v) is 8.12. The van der Waals surface area contributed by atoms with Crippen molar-refractivity contribution in [1.82, 2.24) is 0 Å². The largest absolute Gasteiger partial charge is 0.596 e. The summed E-state index contributed by atoms with van der Waals surface area (Å²) in [5.74, 6) is 0. The molecule has 2 atom stereocenters. The van der Waals surface area contributed by atoms with Crippen molar-refractivity contribution in [3.8, 4) is 0 Å². The van der Waals surface area contributed by atoms with E-state index in [1.165, 1.54) is 51.9 Å². The first-order chi connectivity index (χ1) is 9.54. The van der Waals surface area contributed by atoms with Gasteiger partial charge in [0.15, 0.2) is 0 Å². The topological polar surface area (TPSA) is 72.8 Å². The number of hydroxylamine groups is 4. The number of ether oxygens (including phenoxy) is 1. The number of rotatable bonds is 14. The molecule has 20 heavy (non-hydrogen) atoms. The highest BCUT2D eigenvalue weighted by molar-refractivity contribution is 4.47. The van der Waals surface area contributed by atoms with E-state index in [1.807, 2.05) is 0 Å². The molecule has 122 valence electrons. The normalized spacial score (nSPS) is 16.1. The minimum atomic E-state index is -1.60. The van der Waals surface area contributed by atoms with Crippen LogP contribution in [0.2, 0.25) is 0 Å². The van der Waals surface area contributed by atoms with Crippen molar-refractivity contribution in [3.63, 3.8) is 0 Å². The molecule has 0 amide bonds. The highest BCUT2D eigenvalue weighted by atomic mass is 16.9. The van der Waals surface area contributed by atoms with Crippen LogP contribution in [0.4, 0.5) is 0 Å². The van der Waals surface area contributed by atoms with Crippen molar-refractivity contribution in [2.24, 2.45) is 0 Å². The molecule has 0 radical (unpaired) electrons. The molecule has 0 aliphatic rings. The fraction of sp³-hybridized carbons (Fsp3) is 1.00. The van der Waals surface area contributed by atoms with Crippen LogP contribution in [0.25, 0.3) is 0 Å². The van der Waals surface area contributed by atoms with Crippen molar-refractivity contribution in [2.75, 3.05) is 19.8 Å². The van der Waals surface area contributed by atoms with Gasteiger partial charge in [0.25, 0.3) is 0 Å². The number of nitrogens with zero attached hydrogens (tertiary/aromatic N) is 1. The Hall–Kier alpha value is -0.200. The van der Waals surface area contributed by atoms with E-state index in [2.05, 4.69) is 6.92 Å². The van der Waals surface area contributed by atoms with Crippen LogP contribution in [0.3, 0.4) is 0 Å². The molecule has 2 unspecified atom stereocenters. The molecule has 0 rings (SSSR count). The number of aliphatic hydroxyl groups excluding tert-OH is 1. The standard InChI is InChI=1S/C15H33NO4/c1-3-5-6-7-8-9-10-11-13-20-14-12-15(17)16(18,19)4-2/h15,17-18H,3-14H2,1-2H3. The number of unbranched alkanes of at least 4 members (excludes halogenated alkanes) is 7. The monoisotopic (exact) mass is 291 g/mol. The summed E-state index contributed by atoms with van der Waals surface area (Å²) in [7, 11) is 0. The molecule has 0 aliphatic heterocycles. The predicted molar refractivity (Wildman–Crippen MR) is 80.0 cm³/mol. The van der Waals surface area contributed by atoms with Gasteiger partial charge in [-0.25, -0.2) is 5.21 Å². The average molecular weight is 291 g/mol. The van der Waals surface area contributed by atoms with Crippen molar-refractivity contribution in [2.45, 2.75) is 77.9 Å². The number of aliphatic hydroxyl groups is 1. The third-order valence-electron chi connectivity index (χ3n) is 3.58. The summed E-state index contributed by atoms with van der Waals surface area (Å²) in [6.45, 7) is 4.69. The lowest BCUT2D eigenvalue weighted by Gasteiger charge is -2.36. The molecule has 5 nitrogen and oxygen atoms in total. The quantitative estimate of drug-likeness (QED) is 0.222. The number of hydrogen-bond donors (Lipinski definition) is 2. The first-order valence-electron chi connectivity index (χ1n) is 8.12. The molecule has 0 saturated carbocycles. The lowest BCUT2D eigenvalue weighted by Crippen LogP contribution is -2.48. The summed E-state index contributed by atoms with van der Waals surface area (Å²) in [4.78, 5) is -1.60. The highest BCUT2D eigenvalue weighted by Gasteiger charge is 2.22. The van der Waals surface area contributed by atoms with Gasteiger partial charge in [0.1, 0.15) is 6.54 Å². The van der Waals surface area contributed by atoms with Crippen LogP contribution in [0.5, 0.6) is 0 Å². The van der Waals surface area contributed by atoms with E-state index < -0.39 is 11.0 Å². The van der Waals surface area contributed by atoms with E-state index in [0.29, 0.717) is 13.2 Å². The zero-order valence-electron chi connectivity index (χ0n) is 13.2. The second-order valence-electron chi connectivity index (χ2n) is 5.43. The van der Waals surface area contributed by atoms with Gasteiger partial charge in [-0.05, 0) is 13.3 Å². The zero-order chi connectivity index (χ0) is 15.3. The van der Waals surface area contributed by atoms with Crippen LogP contribution < -0.4 is 0 Å². The maximum atomic E-state index is 11.3. The second-order valence-corrected chi connectivity index (χ2v) is 5.43. The summed E-state index contributed by atoms with van der Waals surface area (Å²) in [6.07, 6.45) is 8.92. The van der Waals surface area contributed by atoms with Crippen molar-refractivity contribution < 1.29 is 19.9 Å². The Morgan fingerprint density at radius 3 is 2.05 bits per heavy atom. The Kier molecular flexibility index (Phi) is 12.4. The van der Waals surface area contributed by atoms with E-state index in [4.69, 9.17) is 4.74 Å². The molecule has 0 aromatic carbocycles. The van der Waals surface area contributed by atoms with E-state index in [1.54, 1.807) is 0 Å². The Morgan fingerprint density at radius 1 is 0.950 bits per heavy atom. The van der Waals surface area contributed by atoms with Crippen molar-refractivity contribution in [1.29, 1.82) is 0 Å². The molecule has 0 spiro atoms. The van der Waals surface area contributed by atoms with Crippen LogP contribution in [0.15, 0.2) is 0 Å². The summed E-state index contributed by atoms with van der Waals surface area (Å²) in [5, 5.41) is 30.0. The average Bonchev–Trinajstić information content (AvgIpc) is 2.44. The minimum absolute atomic E-state index is 0.0564. The lowest BCUT2D eigenvalue weighted by molar-refractivity contribution is -1.10. The van der Waals surface area contributed by atoms with Crippen LogP contribution in [0, 0.1) is 5.21 Å². The van der Waals surface area contributed by atoms with Gasteiger partial charge in [0.05, 0.1) is 13.0 Å². The van der Waals surface area contributed by atoms with E-state index in [0.717, 1.165) is 6.42 Å². The van der Waals surface area contributed by atoms with Crippen molar-refractivity contribution in [3.05, 3.63) is 5.21 Å². The lowest BCUT2D eigenvalue weighted by atomic mass is 10.1. The molecule has 0 aromatic heterocycles. The van der Waals surface area contributed by atoms with E-state index in [-0.39, 0.29) is 13.0 Å². The Morgan fingerprint density at radius 2 is 1.50 bits per heavy atom. The van der Waals surface area contributed by atoms with Gasteiger partial charge < -0.3 is 15.1 Å². The highest BCUT2D eigenvalue weighted by Crippen LogP contribution is 2.10. The molecular weight excluding hydrogens is 258 g/mol. The predicted octanol–water partition coefficient (Wildman–Crippen LogP) is 3.58. The third kappa shape index (κ3) is 10.6. The zero-order valence-corrected chi connectivity index (χ0v) is 13.2. The SMILES string of the molecule is CCCCCCCCCCOCCC(O)[N+]([O-])(O)CC. The van der Waals surface area contributed by atoms with Crippen LogP contribution in [0.1, 0.15) is 71.6 Å². The number of quaternary nitrogens is 1. The van der Waals surface area contributed by atoms with Crippen LogP contribution in [-0.4, -0.2) is 41.1 Å². The van der Waals surface area contributed by atoms with Crippen LogP contribution in [-0.2, 0) is 4.74 Å². The van der Waals surface area contributed by atoms with Gasteiger partial charge >= 0.3 is 0 Å². The maximum absolute atomic E-state index is 11.3. The molecule has 0 fully saturated rings. The molecule has 0 aromatic rings. The summed E-state index contributed by atoms with van der Waals surface area (Å²) in [5.41, 5.74) is 0. The number of hydrogen-bond acceptors (Lipinski definition) is 4. The van der Waals surface area contributed by atoms with Gasteiger partial charge in [-0.15, -0.1) is 0 Å². The minimum Gasteiger partial charge on any atom is -0.596 e. The Bertz CT molecular complexity index is 212. The Labute approximate surface area is 123 Å². The fourth-order valence-electron chi connectivity index (χ4n) is 2.04. The molecule has 2 N–H and O–H groups in total. The summed E-state index contributed by atoms with van der Waals surface area (Å²) >= 11 is 0. The fourth-order valence-corrected chi connectivity index (χ4v) is 2.04. The van der Waals surface area contributed by atoms with Gasteiger partial charge in [-0.3, -0.25) is 0 Å². The van der Waals surface area contributed by atoms with E-state index in [9.17, 15) is 15.5 Å². The van der Waals surface area contributed by atoms with Crippen LogP contribution >= 0.6 is 0 Å². The van der Waals surface area contributed by atoms with Gasteiger partial charge in [-0.2, -0.15) is 4.81 Å². The van der Waals surface area contributed by atoms with Gasteiger partial charge in [0, 0.05) is 6.61 Å². The molecule has 0 heterocycles. The first kappa shape index (κ1) is 19.8. The molecular formula is C15H33NO4. The molecule has 0 saturated heterocycles. The van der Waals surface area contributed by atoms with Crippen molar-refractivity contribution >= 4 is 0 Å². The van der Waals surface area contributed by atoms with Gasteiger partial charge in [0.2, 0.25) is 6.23 Å². The molecule has 0 bridgehead atoms. The Balaban J connectivity index is 3.25. The molecule has 5 heteroatoms. The van der Waals surface area contributed by atoms with Gasteiger partial charge in [-0.1, -0.05) is 51.9 Å².